The molecule has 1 atom stereocenters. The van der Waals surface area contributed by atoms with Crippen LogP contribution in [0, 0.1) is 0 Å². The molecule has 0 saturated heterocycles. The van der Waals surface area contributed by atoms with E-state index in [1.807, 2.05) is 19.1 Å². The first-order valence-corrected chi connectivity index (χ1v) is 9.31. The lowest BCUT2D eigenvalue weighted by atomic mass is 10.2. The molecule has 0 bridgehead atoms. The molecule has 2 aromatic carbocycles. The molecular formula is C21H23NO7. The maximum atomic E-state index is 12.3. The summed E-state index contributed by atoms with van der Waals surface area (Å²) in [6.45, 7) is 4.16. The fraction of sp³-hybridized carbons (Fsp3) is 0.333. The minimum Gasteiger partial charge on any atom is -0.490 e. The number of para-hydroxylation sites is 2. The van der Waals surface area contributed by atoms with Gasteiger partial charge in [-0.3, -0.25) is 9.59 Å². The van der Waals surface area contributed by atoms with Crippen LogP contribution in [0.15, 0.2) is 42.5 Å². The Labute approximate surface area is 168 Å². The van der Waals surface area contributed by atoms with Crippen LogP contribution in [0.3, 0.4) is 0 Å². The zero-order valence-electron chi connectivity index (χ0n) is 16.3. The normalized spacial score (nSPS) is 12.8. The van der Waals surface area contributed by atoms with Crippen LogP contribution in [0.5, 0.6) is 23.0 Å². The number of amides is 1. The van der Waals surface area contributed by atoms with Crippen LogP contribution in [0.2, 0.25) is 0 Å². The van der Waals surface area contributed by atoms with E-state index in [4.69, 9.17) is 23.7 Å². The van der Waals surface area contributed by atoms with Crippen molar-refractivity contribution in [3.8, 4) is 23.0 Å². The number of anilines is 1. The van der Waals surface area contributed by atoms with Gasteiger partial charge >= 0.3 is 5.97 Å². The highest BCUT2D eigenvalue weighted by atomic mass is 16.7. The second-order valence-electron chi connectivity index (χ2n) is 6.17. The third-order valence-electron chi connectivity index (χ3n) is 4.03. The van der Waals surface area contributed by atoms with E-state index in [9.17, 15) is 9.59 Å². The molecule has 154 valence electrons. The molecule has 0 radical (unpaired) electrons. The second-order valence-corrected chi connectivity index (χ2v) is 6.17. The topological polar surface area (TPSA) is 92.3 Å². The van der Waals surface area contributed by atoms with Gasteiger partial charge in [0.2, 0.25) is 6.79 Å². The lowest BCUT2D eigenvalue weighted by molar-refractivity contribution is -0.153. The van der Waals surface area contributed by atoms with Crippen molar-refractivity contribution in [2.75, 3.05) is 25.3 Å². The number of fused-ring (bicyclic) bond motifs is 1. The highest BCUT2D eigenvalue weighted by molar-refractivity contribution is 5.95. The summed E-state index contributed by atoms with van der Waals surface area (Å²) in [5.74, 6) is 1.35. The van der Waals surface area contributed by atoms with Crippen molar-refractivity contribution < 1.29 is 33.3 Å². The predicted molar refractivity (Wildman–Crippen MR) is 104 cm³/mol. The average Bonchev–Trinajstić information content (AvgIpc) is 3.17. The smallest absolute Gasteiger partial charge is 0.310 e. The summed E-state index contributed by atoms with van der Waals surface area (Å²) in [5, 5.41) is 2.68. The van der Waals surface area contributed by atoms with Gasteiger partial charge in [-0.2, -0.15) is 0 Å². The minimum absolute atomic E-state index is 0.00209. The zero-order chi connectivity index (χ0) is 20.6. The van der Waals surface area contributed by atoms with Crippen LogP contribution >= 0.6 is 0 Å². The van der Waals surface area contributed by atoms with Crippen LogP contribution < -0.4 is 24.3 Å². The van der Waals surface area contributed by atoms with Crippen molar-refractivity contribution in [2.45, 2.75) is 26.4 Å². The number of rotatable bonds is 9. The van der Waals surface area contributed by atoms with Gasteiger partial charge in [-0.25, -0.2) is 0 Å². The predicted octanol–water partition coefficient (Wildman–Crippen LogP) is 3.15. The molecule has 0 aliphatic carbocycles. The molecule has 3 rings (SSSR count). The average molecular weight is 401 g/mol. The van der Waals surface area contributed by atoms with Crippen molar-refractivity contribution in [1.29, 1.82) is 0 Å². The van der Waals surface area contributed by atoms with E-state index >= 15 is 0 Å². The molecule has 8 heteroatoms. The van der Waals surface area contributed by atoms with Crippen LogP contribution in [-0.4, -0.2) is 38.0 Å². The molecule has 0 fully saturated rings. The molecule has 0 aromatic heterocycles. The Hall–Kier alpha value is -3.42. The Morgan fingerprint density at radius 2 is 1.79 bits per heavy atom. The summed E-state index contributed by atoms with van der Waals surface area (Å²) in [4.78, 5) is 24.3. The van der Waals surface area contributed by atoms with E-state index in [1.165, 1.54) is 6.92 Å². The van der Waals surface area contributed by atoms with Crippen molar-refractivity contribution >= 4 is 17.6 Å². The first kappa shape index (κ1) is 20.3. The second kappa shape index (κ2) is 9.68. The number of benzene rings is 2. The molecule has 1 heterocycles. The lowest BCUT2D eigenvalue weighted by Gasteiger charge is -2.14. The third kappa shape index (κ3) is 5.54. The summed E-state index contributed by atoms with van der Waals surface area (Å²) < 4.78 is 26.7. The quantitative estimate of drug-likeness (QED) is 0.645. The first-order valence-electron chi connectivity index (χ1n) is 9.31. The highest BCUT2D eigenvalue weighted by Crippen LogP contribution is 2.34. The Bertz CT molecular complexity index is 868. The Kier molecular flexibility index (Phi) is 6.78. The fourth-order valence-electron chi connectivity index (χ4n) is 2.62. The zero-order valence-corrected chi connectivity index (χ0v) is 16.3. The third-order valence-corrected chi connectivity index (χ3v) is 4.03. The van der Waals surface area contributed by atoms with Crippen LogP contribution in [0.25, 0.3) is 0 Å². The number of esters is 1. The summed E-state index contributed by atoms with van der Waals surface area (Å²) in [6, 6.07) is 12.2. The number of nitrogens with one attached hydrogen (secondary N) is 1. The van der Waals surface area contributed by atoms with E-state index in [0.717, 1.165) is 0 Å². The van der Waals surface area contributed by atoms with E-state index in [0.29, 0.717) is 35.3 Å². The number of hydrogen-bond acceptors (Lipinski definition) is 7. The van der Waals surface area contributed by atoms with Crippen molar-refractivity contribution in [1.82, 2.24) is 0 Å². The molecule has 0 unspecified atom stereocenters. The molecule has 8 nitrogen and oxygen atoms in total. The molecule has 1 aliphatic heterocycles. The fourth-order valence-corrected chi connectivity index (χ4v) is 2.62. The number of ether oxygens (including phenoxy) is 5. The van der Waals surface area contributed by atoms with Gasteiger partial charge in [-0.15, -0.1) is 0 Å². The first-order chi connectivity index (χ1) is 14.1. The number of carbonyl (C=O) groups excluding carboxylic acids is 2. The van der Waals surface area contributed by atoms with E-state index in [2.05, 4.69) is 5.32 Å². The summed E-state index contributed by atoms with van der Waals surface area (Å²) in [5.41, 5.74) is 0.526. The van der Waals surface area contributed by atoms with Gasteiger partial charge in [0.1, 0.15) is 0 Å². The summed E-state index contributed by atoms with van der Waals surface area (Å²) in [7, 11) is 0. The van der Waals surface area contributed by atoms with Crippen molar-refractivity contribution in [3.63, 3.8) is 0 Å². The van der Waals surface area contributed by atoms with Gasteiger partial charge in [-0.05, 0) is 38.1 Å². The maximum absolute atomic E-state index is 12.3. The Morgan fingerprint density at radius 3 is 2.55 bits per heavy atom. The molecular weight excluding hydrogens is 378 g/mol. The van der Waals surface area contributed by atoms with E-state index in [1.54, 1.807) is 30.3 Å². The molecule has 29 heavy (non-hydrogen) atoms. The van der Waals surface area contributed by atoms with Crippen LogP contribution in [0.1, 0.15) is 20.3 Å². The number of carbonyl (C=O) groups is 2. The molecule has 0 spiro atoms. The van der Waals surface area contributed by atoms with E-state index < -0.39 is 18.0 Å². The molecule has 0 saturated carbocycles. The lowest BCUT2D eigenvalue weighted by Crippen LogP contribution is -2.30. The van der Waals surface area contributed by atoms with Crippen molar-refractivity contribution in [2.24, 2.45) is 0 Å². The Balaban J connectivity index is 1.43. The van der Waals surface area contributed by atoms with Gasteiger partial charge in [0.25, 0.3) is 5.91 Å². The molecule has 1 aliphatic rings. The Morgan fingerprint density at radius 1 is 1.07 bits per heavy atom. The number of hydrogen-bond donors (Lipinski definition) is 1. The minimum atomic E-state index is -0.955. The molecule has 1 N–H and O–H groups in total. The van der Waals surface area contributed by atoms with Gasteiger partial charge in [0.05, 0.1) is 19.6 Å². The highest BCUT2D eigenvalue weighted by Gasteiger charge is 2.20. The standard InChI is InChI=1S/C21H23NO7/c1-3-25-16-6-4-5-7-17(16)26-11-10-20(23)29-14(2)21(24)22-15-8-9-18-19(12-15)28-13-27-18/h4-9,12,14H,3,10-11,13H2,1-2H3,(H,22,24)/t14-/m1/s1. The monoisotopic (exact) mass is 401 g/mol. The van der Waals surface area contributed by atoms with Gasteiger partial charge in [0.15, 0.2) is 29.1 Å². The van der Waals surface area contributed by atoms with Crippen LogP contribution in [-0.2, 0) is 14.3 Å². The van der Waals surface area contributed by atoms with Crippen LogP contribution in [0.4, 0.5) is 5.69 Å². The maximum Gasteiger partial charge on any atom is 0.310 e. The van der Waals surface area contributed by atoms with Gasteiger partial charge in [0, 0.05) is 11.8 Å². The largest absolute Gasteiger partial charge is 0.490 e. The van der Waals surface area contributed by atoms with Gasteiger partial charge < -0.3 is 29.0 Å². The van der Waals surface area contributed by atoms with E-state index in [-0.39, 0.29) is 19.8 Å². The van der Waals surface area contributed by atoms with Gasteiger partial charge in [-0.1, -0.05) is 12.1 Å². The summed E-state index contributed by atoms with van der Waals surface area (Å²) >= 11 is 0. The SMILES string of the molecule is CCOc1ccccc1OCCC(=O)O[C@H](C)C(=O)Nc1ccc2c(c1)OCO2. The molecule has 2 aromatic rings. The summed E-state index contributed by atoms with van der Waals surface area (Å²) in [6.07, 6.45) is -0.953. The molecule has 1 amide bonds. The van der Waals surface area contributed by atoms with Crippen molar-refractivity contribution in [3.05, 3.63) is 42.5 Å².